The van der Waals surface area contributed by atoms with Crippen molar-refractivity contribution < 1.29 is 4.80 Å². The highest BCUT2D eigenvalue weighted by Gasteiger charge is 1.98. The second-order valence-corrected chi connectivity index (χ2v) is 4.64. The summed E-state index contributed by atoms with van der Waals surface area (Å²) in [5.74, 6) is 0. The standard InChI is InChI=1S/C8H18OSi/c1-3-5-7-10(9)8-6-4-2/h5,7,9-10H,3-4,6,8H2,1-2H3. The lowest BCUT2D eigenvalue weighted by Gasteiger charge is -1.99. The normalized spacial score (nSPS) is 14.3. The van der Waals surface area contributed by atoms with Crippen LogP contribution in [-0.4, -0.2) is 13.8 Å². The number of hydrogen-bond donors (Lipinski definition) is 1. The van der Waals surface area contributed by atoms with Crippen LogP contribution in [-0.2, 0) is 0 Å². The summed E-state index contributed by atoms with van der Waals surface area (Å²) < 4.78 is 0. The van der Waals surface area contributed by atoms with Crippen LogP contribution in [0.2, 0.25) is 6.04 Å². The molecule has 0 radical (unpaired) electrons. The van der Waals surface area contributed by atoms with Crippen LogP contribution in [0.15, 0.2) is 11.8 Å². The van der Waals surface area contributed by atoms with Gasteiger partial charge in [-0.15, -0.1) is 0 Å². The molecule has 1 nitrogen and oxygen atoms in total. The van der Waals surface area contributed by atoms with E-state index in [1.165, 1.54) is 12.8 Å². The number of hydrogen-bond acceptors (Lipinski definition) is 1. The summed E-state index contributed by atoms with van der Waals surface area (Å²) in [6, 6.07) is 1.05. The first kappa shape index (κ1) is 9.92. The zero-order valence-electron chi connectivity index (χ0n) is 7.01. The quantitative estimate of drug-likeness (QED) is 0.607. The van der Waals surface area contributed by atoms with Gasteiger partial charge in [-0.05, 0) is 12.5 Å². The van der Waals surface area contributed by atoms with E-state index in [1.54, 1.807) is 0 Å². The molecule has 1 N–H and O–H groups in total. The number of unbranched alkanes of at least 4 members (excludes halogenated alkanes) is 1. The highest BCUT2D eigenvalue weighted by Crippen LogP contribution is 1.99. The molecule has 0 saturated carbocycles. The van der Waals surface area contributed by atoms with Crippen LogP contribution in [0.4, 0.5) is 0 Å². The number of rotatable bonds is 5. The Hall–Kier alpha value is -0.0831. The first-order valence-corrected chi connectivity index (χ1v) is 6.16. The van der Waals surface area contributed by atoms with Crippen LogP contribution in [0.25, 0.3) is 0 Å². The van der Waals surface area contributed by atoms with Crippen LogP contribution >= 0.6 is 0 Å². The van der Waals surface area contributed by atoms with Crippen molar-refractivity contribution in [1.82, 2.24) is 0 Å². The molecule has 0 aromatic heterocycles. The summed E-state index contributed by atoms with van der Waals surface area (Å²) in [5, 5.41) is 0. The fraction of sp³-hybridized carbons (Fsp3) is 0.750. The van der Waals surface area contributed by atoms with Crippen LogP contribution in [0, 0.1) is 0 Å². The van der Waals surface area contributed by atoms with Gasteiger partial charge in [-0.3, -0.25) is 0 Å². The summed E-state index contributed by atoms with van der Waals surface area (Å²) in [7, 11) is -1.42. The van der Waals surface area contributed by atoms with Crippen molar-refractivity contribution in [2.45, 2.75) is 39.2 Å². The van der Waals surface area contributed by atoms with E-state index >= 15 is 0 Å². The maximum absolute atomic E-state index is 9.36. The van der Waals surface area contributed by atoms with Gasteiger partial charge < -0.3 is 4.80 Å². The smallest absolute Gasteiger partial charge is 0.196 e. The maximum atomic E-state index is 9.36. The first-order valence-electron chi connectivity index (χ1n) is 4.16. The summed E-state index contributed by atoms with van der Waals surface area (Å²) in [4.78, 5) is 9.36. The van der Waals surface area contributed by atoms with E-state index in [9.17, 15) is 4.80 Å². The third-order valence-corrected chi connectivity index (χ3v) is 3.16. The lowest BCUT2D eigenvalue weighted by Crippen LogP contribution is -2.06. The lowest BCUT2D eigenvalue weighted by molar-refractivity contribution is 0.576. The fourth-order valence-electron chi connectivity index (χ4n) is 0.803. The van der Waals surface area contributed by atoms with E-state index < -0.39 is 9.04 Å². The van der Waals surface area contributed by atoms with E-state index in [-0.39, 0.29) is 0 Å². The summed E-state index contributed by atoms with van der Waals surface area (Å²) in [5.41, 5.74) is 2.02. The molecule has 0 bridgehead atoms. The average molecular weight is 158 g/mol. The molecule has 1 atom stereocenters. The minimum atomic E-state index is -1.42. The van der Waals surface area contributed by atoms with E-state index in [4.69, 9.17) is 0 Å². The number of allylic oxidation sites excluding steroid dienone is 1. The molecule has 0 aromatic rings. The minimum Gasteiger partial charge on any atom is -0.431 e. The third kappa shape index (κ3) is 6.04. The van der Waals surface area contributed by atoms with Crippen LogP contribution in [0.5, 0.6) is 0 Å². The first-order chi connectivity index (χ1) is 4.81. The molecule has 0 aliphatic heterocycles. The van der Waals surface area contributed by atoms with Crippen molar-refractivity contribution in [3.05, 3.63) is 11.8 Å². The Morgan fingerprint density at radius 2 is 2.10 bits per heavy atom. The van der Waals surface area contributed by atoms with Crippen LogP contribution < -0.4 is 0 Å². The Kier molecular flexibility index (Phi) is 6.97. The molecule has 10 heavy (non-hydrogen) atoms. The average Bonchev–Trinajstić information content (AvgIpc) is 1.97. The van der Waals surface area contributed by atoms with Gasteiger partial charge in [0, 0.05) is 0 Å². The predicted molar refractivity (Wildman–Crippen MR) is 48.5 cm³/mol. The molecule has 2 heteroatoms. The van der Waals surface area contributed by atoms with Crippen molar-refractivity contribution in [3.8, 4) is 0 Å². The molecule has 0 aliphatic rings. The monoisotopic (exact) mass is 158 g/mol. The molecule has 0 rings (SSSR count). The zero-order valence-corrected chi connectivity index (χ0v) is 8.16. The Bertz CT molecular complexity index is 91.3. The fourth-order valence-corrected chi connectivity index (χ4v) is 2.41. The Morgan fingerprint density at radius 1 is 1.40 bits per heavy atom. The molecule has 0 heterocycles. The highest BCUT2D eigenvalue weighted by molar-refractivity contribution is 6.56. The molecule has 0 aromatic carbocycles. The molecule has 60 valence electrons. The molecule has 0 amide bonds. The van der Waals surface area contributed by atoms with E-state index in [2.05, 4.69) is 19.9 Å². The molecule has 0 saturated heterocycles. The molecular formula is C8H18OSi. The minimum absolute atomic E-state index is 1.05. The van der Waals surface area contributed by atoms with E-state index in [0.717, 1.165) is 12.5 Å². The van der Waals surface area contributed by atoms with Gasteiger partial charge in [0.1, 0.15) is 0 Å². The summed E-state index contributed by atoms with van der Waals surface area (Å²) in [6.07, 6.45) is 5.51. The molecular weight excluding hydrogens is 140 g/mol. The van der Waals surface area contributed by atoms with Gasteiger partial charge in [-0.25, -0.2) is 0 Å². The SMILES string of the molecule is CCC=C[SiH](O)CCCC. The summed E-state index contributed by atoms with van der Waals surface area (Å²) in [6.45, 7) is 4.25. The van der Waals surface area contributed by atoms with Crippen molar-refractivity contribution in [2.75, 3.05) is 0 Å². The van der Waals surface area contributed by atoms with Gasteiger partial charge in [0.05, 0.1) is 0 Å². The maximum Gasteiger partial charge on any atom is 0.196 e. The molecule has 0 aliphatic carbocycles. The highest BCUT2D eigenvalue weighted by atomic mass is 28.3. The van der Waals surface area contributed by atoms with Crippen molar-refractivity contribution in [1.29, 1.82) is 0 Å². The molecule has 0 spiro atoms. The summed E-state index contributed by atoms with van der Waals surface area (Å²) >= 11 is 0. The predicted octanol–water partition coefficient (Wildman–Crippen LogP) is 2.01. The molecule has 0 fully saturated rings. The third-order valence-electron chi connectivity index (χ3n) is 1.45. The van der Waals surface area contributed by atoms with E-state index in [0.29, 0.717) is 0 Å². The lowest BCUT2D eigenvalue weighted by atomic mass is 10.4. The van der Waals surface area contributed by atoms with Crippen molar-refractivity contribution in [2.24, 2.45) is 0 Å². The van der Waals surface area contributed by atoms with Gasteiger partial charge in [-0.1, -0.05) is 38.5 Å². The van der Waals surface area contributed by atoms with Gasteiger partial charge in [0.15, 0.2) is 9.04 Å². The van der Waals surface area contributed by atoms with Crippen molar-refractivity contribution in [3.63, 3.8) is 0 Å². The second-order valence-electron chi connectivity index (χ2n) is 2.55. The van der Waals surface area contributed by atoms with Gasteiger partial charge in [0.2, 0.25) is 0 Å². The van der Waals surface area contributed by atoms with E-state index in [1.807, 2.05) is 5.70 Å². The zero-order chi connectivity index (χ0) is 7.82. The molecule has 1 unspecified atom stereocenters. The Labute approximate surface area is 65.5 Å². The van der Waals surface area contributed by atoms with Gasteiger partial charge in [0.25, 0.3) is 0 Å². The van der Waals surface area contributed by atoms with Gasteiger partial charge in [-0.2, -0.15) is 0 Å². The Morgan fingerprint density at radius 3 is 2.60 bits per heavy atom. The van der Waals surface area contributed by atoms with Crippen LogP contribution in [0.3, 0.4) is 0 Å². The van der Waals surface area contributed by atoms with Gasteiger partial charge >= 0.3 is 0 Å². The topological polar surface area (TPSA) is 20.2 Å². The largest absolute Gasteiger partial charge is 0.431 e. The van der Waals surface area contributed by atoms with Crippen LogP contribution in [0.1, 0.15) is 33.1 Å². The second kappa shape index (κ2) is 7.03. The Balaban J connectivity index is 3.24. The van der Waals surface area contributed by atoms with Crippen molar-refractivity contribution >= 4 is 9.04 Å².